The van der Waals surface area contributed by atoms with Crippen LogP contribution in [0.4, 0.5) is 8.78 Å². The van der Waals surface area contributed by atoms with Gasteiger partial charge >= 0.3 is 0 Å². The minimum absolute atomic E-state index is 0. The molecule has 0 amide bonds. The molecule has 0 radical (unpaired) electrons. The number of halogens is 4. The first kappa shape index (κ1) is 15.4. The van der Waals surface area contributed by atoms with Crippen molar-refractivity contribution in [3.8, 4) is 5.75 Å². The maximum absolute atomic E-state index is 13.0. The highest BCUT2D eigenvalue weighted by Gasteiger charge is 2.35. The number of hydrogen-bond donors (Lipinski definition) is 0. The minimum atomic E-state index is -2.51. The lowest BCUT2D eigenvalue weighted by Gasteiger charge is -2.28. The van der Waals surface area contributed by atoms with E-state index < -0.39 is 5.92 Å². The summed E-state index contributed by atoms with van der Waals surface area (Å²) in [5.41, 5.74) is 0.727. The highest BCUT2D eigenvalue weighted by molar-refractivity contribution is 6.16. The van der Waals surface area contributed by atoms with E-state index in [4.69, 9.17) is 16.3 Å². The van der Waals surface area contributed by atoms with Crippen molar-refractivity contribution >= 4 is 24.0 Å². The third-order valence-electron chi connectivity index (χ3n) is 2.89. The lowest BCUT2D eigenvalue weighted by molar-refractivity contribution is -0.0582. The van der Waals surface area contributed by atoms with Gasteiger partial charge in [-0.15, -0.1) is 24.0 Å². The van der Waals surface area contributed by atoms with Crippen LogP contribution in [0, 0.1) is 0 Å². The molecule has 0 atom stereocenters. The van der Waals surface area contributed by atoms with Crippen molar-refractivity contribution in [2.75, 3.05) is 0 Å². The molecule has 0 N–H and O–H groups in total. The molecule has 1 aromatic heterocycles. The standard InChI is InChI=1S/C12H14ClF2NO.ClH/c13-8-9-7-11(3-6-16-9)17-10-1-4-12(14,15)5-2-10;/h3,6-7,10H,1-2,4-5,8H2;1H. The van der Waals surface area contributed by atoms with Crippen molar-refractivity contribution in [2.45, 2.75) is 43.6 Å². The van der Waals surface area contributed by atoms with Crippen molar-refractivity contribution < 1.29 is 13.5 Å². The summed E-state index contributed by atoms with van der Waals surface area (Å²) in [6, 6.07) is 3.47. The Bertz CT molecular complexity index is 380. The highest BCUT2D eigenvalue weighted by Crippen LogP contribution is 2.34. The number of ether oxygens (including phenoxy) is 1. The van der Waals surface area contributed by atoms with E-state index in [1.807, 2.05) is 0 Å². The molecule has 1 heterocycles. The average molecular weight is 298 g/mol. The zero-order chi connectivity index (χ0) is 12.3. The maximum Gasteiger partial charge on any atom is 0.248 e. The molecule has 0 saturated heterocycles. The molecule has 102 valence electrons. The van der Waals surface area contributed by atoms with Crippen LogP contribution in [0.25, 0.3) is 0 Å². The van der Waals surface area contributed by atoms with Crippen LogP contribution in [0.3, 0.4) is 0 Å². The van der Waals surface area contributed by atoms with Gasteiger partial charge in [0.25, 0.3) is 0 Å². The third-order valence-corrected chi connectivity index (χ3v) is 3.17. The Kier molecular flexibility index (Phi) is 5.60. The van der Waals surface area contributed by atoms with Crippen LogP contribution < -0.4 is 4.74 Å². The van der Waals surface area contributed by atoms with Crippen molar-refractivity contribution in [1.29, 1.82) is 0 Å². The molecular formula is C12H15Cl2F2NO. The summed E-state index contributed by atoms with van der Waals surface area (Å²) in [5.74, 6) is -1.54. The Hall–Kier alpha value is -0.610. The quantitative estimate of drug-likeness (QED) is 0.780. The summed E-state index contributed by atoms with van der Waals surface area (Å²) in [7, 11) is 0. The van der Waals surface area contributed by atoms with E-state index in [2.05, 4.69) is 4.98 Å². The molecule has 0 aromatic carbocycles. The molecule has 1 aliphatic carbocycles. The van der Waals surface area contributed by atoms with E-state index in [9.17, 15) is 8.78 Å². The number of hydrogen-bond acceptors (Lipinski definition) is 2. The topological polar surface area (TPSA) is 22.1 Å². The summed E-state index contributed by atoms with van der Waals surface area (Å²) in [6.07, 6.45) is 2.10. The van der Waals surface area contributed by atoms with Gasteiger partial charge < -0.3 is 4.74 Å². The molecule has 6 heteroatoms. The number of pyridine rings is 1. The monoisotopic (exact) mass is 297 g/mol. The zero-order valence-corrected chi connectivity index (χ0v) is 11.3. The third kappa shape index (κ3) is 4.25. The van der Waals surface area contributed by atoms with Crippen LogP contribution in [0.1, 0.15) is 31.4 Å². The van der Waals surface area contributed by atoms with Crippen molar-refractivity contribution in [1.82, 2.24) is 4.98 Å². The highest BCUT2D eigenvalue weighted by atomic mass is 35.5. The SMILES string of the molecule is Cl.FC1(F)CCC(Oc2ccnc(CCl)c2)CC1. The first-order valence-corrected chi connectivity index (χ1v) is 6.18. The Morgan fingerprint density at radius 3 is 2.67 bits per heavy atom. The van der Waals surface area contributed by atoms with Gasteiger partial charge in [-0.2, -0.15) is 0 Å². The van der Waals surface area contributed by atoms with E-state index in [0.717, 1.165) is 5.69 Å². The number of alkyl halides is 3. The van der Waals surface area contributed by atoms with E-state index in [1.54, 1.807) is 18.3 Å². The van der Waals surface area contributed by atoms with Gasteiger partial charge in [-0.05, 0) is 18.9 Å². The summed E-state index contributed by atoms with van der Waals surface area (Å²) < 4.78 is 31.6. The van der Waals surface area contributed by atoms with Crippen LogP contribution in [-0.4, -0.2) is 17.0 Å². The van der Waals surface area contributed by atoms with Gasteiger partial charge in [-0.3, -0.25) is 4.98 Å². The molecule has 2 rings (SSSR count). The fraction of sp³-hybridized carbons (Fsp3) is 0.583. The summed E-state index contributed by atoms with van der Waals surface area (Å²) in [5, 5.41) is 0. The first-order valence-electron chi connectivity index (χ1n) is 5.64. The van der Waals surface area contributed by atoms with Gasteiger partial charge in [0.1, 0.15) is 5.75 Å². The number of nitrogens with zero attached hydrogens (tertiary/aromatic N) is 1. The Morgan fingerprint density at radius 1 is 1.39 bits per heavy atom. The molecule has 0 spiro atoms. The summed E-state index contributed by atoms with van der Waals surface area (Å²) >= 11 is 5.66. The molecule has 0 aliphatic heterocycles. The Labute approximate surface area is 116 Å². The number of aromatic nitrogens is 1. The predicted molar refractivity (Wildman–Crippen MR) is 68.9 cm³/mol. The van der Waals surface area contributed by atoms with Crippen LogP contribution in [-0.2, 0) is 5.88 Å². The molecule has 0 unspecified atom stereocenters. The Morgan fingerprint density at radius 2 is 2.06 bits per heavy atom. The van der Waals surface area contributed by atoms with Gasteiger partial charge in [0.15, 0.2) is 0 Å². The normalized spacial score (nSPS) is 19.1. The molecule has 1 aromatic rings. The van der Waals surface area contributed by atoms with Crippen LogP contribution >= 0.6 is 24.0 Å². The van der Waals surface area contributed by atoms with E-state index >= 15 is 0 Å². The average Bonchev–Trinajstić information content (AvgIpc) is 2.32. The predicted octanol–water partition coefficient (Wildman–Crippen LogP) is 4.20. The van der Waals surface area contributed by atoms with Gasteiger partial charge in [0.2, 0.25) is 5.92 Å². The second-order valence-corrected chi connectivity index (χ2v) is 4.56. The van der Waals surface area contributed by atoms with Gasteiger partial charge in [-0.1, -0.05) is 0 Å². The molecule has 1 saturated carbocycles. The molecule has 2 nitrogen and oxygen atoms in total. The van der Waals surface area contributed by atoms with E-state index in [0.29, 0.717) is 24.5 Å². The van der Waals surface area contributed by atoms with Crippen molar-refractivity contribution in [3.63, 3.8) is 0 Å². The molecule has 1 fully saturated rings. The minimum Gasteiger partial charge on any atom is -0.490 e. The lowest BCUT2D eigenvalue weighted by Crippen LogP contribution is -2.30. The summed E-state index contributed by atoms with van der Waals surface area (Å²) in [6.45, 7) is 0. The molecule has 18 heavy (non-hydrogen) atoms. The summed E-state index contributed by atoms with van der Waals surface area (Å²) in [4.78, 5) is 4.04. The Balaban J connectivity index is 0.00000162. The van der Waals surface area contributed by atoms with Crippen LogP contribution in [0.15, 0.2) is 18.3 Å². The van der Waals surface area contributed by atoms with E-state index in [1.165, 1.54) is 0 Å². The van der Waals surface area contributed by atoms with Gasteiger partial charge in [0.05, 0.1) is 17.7 Å². The fourth-order valence-corrected chi connectivity index (χ4v) is 2.07. The zero-order valence-electron chi connectivity index (χ0n) is 9.74. The van der Waals surface area contributed by atoms with E-state index in [-0.39, 0.29) is 31.4 Å². The van der Waals surface area contributed by atoms with Gasteiger partial charge in [-0.25, -0.2) is 8.78 Å². The maximum atomic E-state index is 13.0. The first-order chi connectivity index (χ1) is 8.09. The van der Waals surface area contributed by atoms with Crippen molar-refractivity contribution in [3.05, 3.63) is 24.0 Å². The second-order valence-electron chi connectivity index (χ2n) is 4.29. The smallest absolute Gasteiger partial charge is 0.248 e. The molecule has 0 bridgehead atoms. The largest absolute Gasteiger partial charge is 0.490 e. The van der Waals surface area contributed by atoms with Gasteiger partial charge in [0, 0.05) is 25.1 Å². The van der Waals surface area contributed by atoms with Crippen LogP contribution in [0.2, 0.25) is 0 Å². The fourth-order valence-electron chi connectivity index (χ4n) is 1.93. The molecular weight excluding hydrogens is 283 g/mol. The molecule has 1 aliphatic rings. The second kappa shape index (κ2) is 6.53. The lowest BCUT2D eigenvalue weighted by atomic mass is 9.94. The van der Waals surface area contributed by atoms with Crippen LogP contribution in [0.5, 0.6) is 5.75 Å². The van der Waals surface area contributed by atoms with Crippen molar-refractivity contribution in [2.24, 2.45) is 0 Å². The number of rotatable bonds is 3.